The minimum Gasteiger partial charge on any atom is -0.382 e. The third-order valence-electron chi connectivity index (χ3n) is 2.03. The zero-order chi connectivity index (χ0) is 11.1. The van der Waals surface area contributed by atoms with Crippen molar-refractivity contribution in [3.8, 4) is 0 Å². The summed E-state index contributed by atoms with van der Waals surface area (Å²) >= 11 is 0. The fraction of sp³-hybridized carbons (Fsp3) is 0.875. The lowest BCUT2D eigenvalue weighted by molar-refractivity contribution is 0.136. The Hall–Kier alpha value is -1.05. The van der Waals surface area contributed by atoms with Crippen molar-refractivity contribution in [3.63, 3.8) is 0 Å². The highest BCUT2D eigenvalue weighted by molar-refractivity contribution is 4.83. The number of hydrogen-bond acceptors (Lipinski definition) is 6. The van der Waals surface area contributed by atoms with Crippen LogP contribution in [0.4, 0.5) is 0 Å². The van der Waals surface area contributed by atoms with Crippen molar-refractivity contribution >= 4 is 0 Å². The van der Waals surface area contributed by atoms with E-state index in [0.29, 0.717) is 18.9 Å². The molecule has 1 aromatic rings. The van der Waals surface area contributed by atoms with Gasteiger partial charge in [-0.3, -0.25) is 11.3 Å². The number of nitrogens with two attached hydrogens (primary N) is 1. The van der Waals surface area contributed by atoms with Crippen molar-refractivity contribution in [2.24, 2.45) is 12.9 Å². The van der Waals surface area contributed by atoms with Gasteiger partial charge in [-0.25, -0.2) is 0 Å². The first kappa shape index (κ1) is 12.0. The number of tetrazole rings is 1. The Bertz CT molecular complexity index is 276. The van der Waals surface area contributed by atoms with Crippen LogP contribution in [-0.4, -0.2) is 39.5 Å². The maximum absolute atomic E-state index is 5.42. The lowest BCUT2D eigenvalue weighted by atomic mass is 10.1. The molecule has 86 valence electrons. The van der Waals surface area contributed by atoms with E-state index >= 15 is 0 Å². The van der Waals surface area contributed by atoms with Crippen molar-refractivity contribution in [2.75, 3.05) is 13.2 Å². The molecule has 1 aromatic heterocycles. The number of nitrogens with zero attached hydrogens (tertiary/aromatic N) is 4. The SMILES string of the molecule is CCOCCC(Cc1nnn(C)n1)NN. The van der Waals surface area contributed by atoms with Gasteiger partial charge in [0.15, 0.2) is 5.82 Å². The molecule has 0 radical (unpaired) electrons. The Morgan fingerprint density at radius 2 is 2.40 bits per heavy atom. The van der Waals surface area contributed by atoms with E-state index in [0.717, 1.165) is 13.0 Å². The highest BCUT2D eigenvalue weighted by Gasteiger charge is 2.11. The van der Waals surface area contributed by atoms with Crippen LogP contribution in [0, 0.1) is 0 Å². The van der Waals surface area contributed by atoms with E-state index in [1.165, 1.54) is 4.80 Å². The van der Waals surface area contributed by atoms with Gasteiger partial charge >= 0.3 is 0 Å². The van der Waals surface area contributed by atoms with Gasteiger partial charge in [-0.2, -0.15) is 4.80 Å². The molecule has 1 atom stereocenters. The molecule has 1 heterocycles. The second-order valence-electron chi connectivity index (χ2n) is 3.25. The summed E-state index contributed by atoms with van der Waals surface area (Å²) in [5.41, 5.74) is 2.72. The molecule has 0 aliphatic rings. The normalized spacial score (nSPS) is 13.0. The lowest BCUT2D eigenvalue weighted by Gasteiger charge is -2.13. The molecule has 0 aliphatic heterocycles. The topological polar surface area (TPSA) is 90.9 Å². The maximum atomic E-state index is 5.42. The minimum absolute atomic E-state index is 0.126. The van der Waals surface area contributed by atoms with Crippen LogP contribution in [0.25, 0.3) is 0 Å². The zero-order valence-electron chi connectivity index (χ0n) is 9.18. The molecule has 0 aliphatic carbocycles. The van der Waals surface area contributed by atoms with Crippen LogP contribution >= 0.6 is 0 Å². The minimum atomic E-state index is 0.126. The smallest absolute Gasteiger partial charge is 0.176 e. The van der Waals surface area contributed by atoms with Gasteiger partial charge in [0.05, 0.1) is 7.05 Å². The first-order valence-corrected chi connectivity index (χ1v) is 5.03. The number of aryl methyl sites for hydroxylation is 1. The molecule has 0 aromatic carbocycles. The molecular weight excluding hydrogens is 196 g/mol. The molecule has 0 fully saturated rings. The Morgan fingerprint density at radius 1 is 1.60 bits per heavy atom. The maximum Gasteiger partial charge on any atom is 0.176 e. The average Bonchev–Trinajstić information content (AvgIpc) is 2.63. The molecule has 1 unspecified atom stereocenters. The predicted octanol–water partition coefficient (Wildman–Crippen LogP) is -0.989. The largest absolute Gasteiger partial charge is 0.382 e. The van der Waals surface area contributed by atoms with Gasteiger partial charge in [-0.15, -0.1) is 10.2 Å². The molecule has 7 heteroatoms. The number of nitrogens with one attached hydrogen (secondary N) is 1. The fourth-order valence-electron chi connectivity index (χ4n) is 1.24. The third kappa shape index (κ3) is 4.32. The van der Waals surface area contributed by atoms with Crippen molar-refractivity contribution < 1.29 is 4.74 Å². The van der Waals surface area contributed by atoms with Crippen molar-refractivity contribution in [1.29, 1.82) is 0 Å². The first-order chi connectivity index (χ1) is 7.26. The zero-order valence-corrected chi connectivity index (χ0v) is 9.18. The molecule has 0 saturated heterocycles. The highest BCUT2D eigenvalue weighted by Crippen LogP contribution is 1.99. The van der Waals surface area contributed by atoms with Gasteiger partial charge in [0.25, 0.3) is 0 Å². The third-order valence-corrected chi connectivity index (χ3v) is 2.03. The molecule has 0 spiro atoms. The van der Waals surface area contributed by atoms with Crippen molar-refractivity contribution in [2.45, 2.75) is 25.8 Å². The summed E-state index contributed by atoms with van der Waals surface area (Å²) in [6.07, 6.45) is 1.50. The summed E-state index contributed by atoms with van der Waals surface area (Å²) in [7, 11) is 1.74. The van der Waals surface area contributed by atoms with Crippen LogP contribution in [-0.2, 0) is 18.2 Å². The number of hydrogen-bond donors (Lipinski definition) is 2. The molecule has 0 saturated carbocycles. The molecule has 0 bridgehead atoms. The van der Waals surface area contributed by atoms with E-state index in [4.69, 9.17) is 10.6 Å². The standard InChI is InChI=1S/C8H18N6O/c1-3-15-5-4-7(10-9)6-8-11-13-14(2)12-8/h7,10H,3-6,9H2,1-2H3. The van der Waals surface area contributed by atoms with Gasteiger partial charge in [0.2, 0.25) is 0 Å². The van der Waals surface area contributed by atoms with E-state index in [-0.39, 0.29) is 6.04 Å². The summed E-state index contributed by atoms with van der Waals surface area (Å²) < 4.78 is 5.25. The van der Waals surface area contributed by atoms with Crippen LogP contribution in [0.1, 0.15) is 19.2 Å². The lowest BCUT2D eigenvalue weighted by Crippen LogP contribution is -2.38. The number of aromatic nitrogens is 4. The van der Waals surface area contributed by atoms with Crippen molar-refractivity contribution in [1.82, 2.24) is 25.6 Å². The van der Waals surface area contributed by atoms with Gasteiger partial charge < -0.3 is 4.74 Å². The highest BCUT2D eigenvalue weighted by atomic mass is 16.5. The summed E-state index contributed by atoms with van der Waals surface area (Å²) in [5, 5.41) is 11.7. The van der Waals surface area contributed by atoms with E-state index < -0.39 is 0 Å². The van der Waals surface area contributed by atoms with Crippen LogP contribution in [0.2, 0.25) is 0 Å². The average molecular weight is 214 g/mol. The van der Waals surface area contributed by atoms with E-state index in [2.05, 4.69) is 20.8 Å². The summed E-state index contributed by atoms with van der Waals surface area (Å²) in [6.45, 7) is 3.38. The fourth-order valence-corrected chi connectivity index (χ4v) is 1.24. The van der Waals surface area contributed by atoms with E-state index in [1.807, 2.05) is 6.92 Å². The van der Waals surface area contributed by atoms with Crippen LogP contribution in [0.3, 0.4) is 0 Å². The summed E-state index contributed by atoms with van der Waals surface area (Å²) in [5.74, 6) is 6.11. The Morgan fingerprint density at radius 3 is 2.93 bits per heavy atom. The summed E-state index contributed by atoms with van der Waals surface area (Å²) in [4.78, 5) is 1.44. The van der Waals surface area contributed by atoms with Gasteiger partial charge in [-0.1, -0.05) is 0 Å². The van der Waals surface area contributed by atoms with Gasteiger partial charge in [-0.05, 0) is 18.6 Å². The number of hydrazine groups is 1. The number of rotatable bonds is 7. The second-order valence-corrected chi connectivity index (χ2v) is 3.25. The van der Waals surface area contributed by atoms with Gasteiger partial charge in [0.1, 0.15) is 0 Å². The van der Waals surface area contributed by atoms with Crippen LogP contribution in [0.5, 0.6) is 0 Å². The van der Waals surface area contributed by atoms with Crippen molar-refractivity contribution in [3.05, 3.63) is 5.82 Å². The monoisotopic (exact) mass is 214 g/mol. The molecule has 3 N–H and O–H groups in total. The Balaban J connectivity index is 2.33. The number of ether oxygens (including phenoxy) is 1. The molecule has 0 amide bonds. The van der Waals surface area contributed by atoms with Crippen LogP contribution in [0.15, 0.2) is 0 Å². The molecular formula is C8H18N6O. The quantitative estimate of drug-likeness (QED) is 0.344. The van der Waals surface area contributed by atoms with E-state index in [1.54, 1.807) is 7.05 Å². The predicted molar refractivity (Wildman–Crippen MR) is 54.7 cm³/mol. The first-order valence-electron chi connectivity index (χ1n) is 5.03. The van der Waals surface area contributed by atoms with Crippen LogP contribution < -0.4 is 11.3 Å². The van der Waals surface area contributed by atoms with E-state index in [9.17, 15) is 0 Å². The molecule has 7 nitrogen and oxygen atoms in total. The summed E-state index contributed by atoms with van der Waals surface area (Å²) in [6, 6.07) is 0.126. The van der Waals surface area contributed by atoms with Gasteiger partial charge in [0, 0.05) is 25.7 Å². The Kier molecular flexibility index (Phi) is 5.16. The second kappa shape index (κ2) is 6.44. The molecule has 1 rings (SSSR count). The molecule has 15 heavy (non-hydrogen) atoms. The Labute approximate surface area is 88.9 Å².